The molecule has 0 aliphatic carbocycles. The van der Waals surface area contributed by atoms with Crippen molar-refractivity contribution in [2.45, 2.75) is 42.9 Å². The number of fused-ring (bicyclic) bond motifs is 1. The Morgan fingerprint density at radius 2 is 1.74 bits per heavy atom. The molecule has 0 bridgehead atoms. The van der Waals surface area contributed by atoms with Crippen molar-refractivity contribution in [3.05, 3.63) is 59.7 Å². The summed E-state index contributed by atoms with van der Waals surface area (Å²) in [5.41, 5.74) is 2.84. The number of nitrogens with one attached hydrogen (secondary N) is 1. The third-order valence-corrected chi connectivity index (χ3v) is 6.93. The van der Waals surface area contributed by atoms with Crippen molar-refractivity contribution in [3.63, 3.8) is 0 Å². The number of carbonyl (C=O) groups excluding carboxylic acids is 3. The van der Waals surface area contributed by atoms with Crippen molar-refractivity contribution in [1.29, 1.82) is 0 Å². The van der Waals surface area contributed by atoms with Crippen LogP contribution in [0.5, 0.6) is 0 Å². The number of piperidine rings is 1. The second-order valence-corrected chi connectivity index (χ2v) is 9.19. The quantitative estimate of drug-likeness (QED) is 0.730. The first kappa shape index (κ1) is 21.4. The number of aryl methyl sites for hydroxylation is 1. The van der Waals surface area contributed by atoms with Gasteiger partial charge in [-0.25, -0.2) is 0 Å². The van der Waals surface area contributed by atoms with Crippen LogP contribution in [0.3, 0.4) is 0 Å². The molecular weight excluding hydrogens is 410 g/mol. The molecule has 6 nitrogen and oxygen atoms in total. The fraction of sp³-hybridized carbons (Fsp3) is 0.375. The molecule has 4 rings (SSSR count). The lowest BCUT2D eigenvalue weighted by Gasteiger charge is -2.36. The smallest absolute Gasteiger partial charge is 0.250 e. The van der Waals surface area contributed by atoms with Crippen LogP contribution in [0.15, 0.2) is 53.4 Å². The average Bonchev–Trinajstić information content (AvgIpc) is 2.80. The van der Waals surface area contributed by atoms with E-state index in [-0.39, 0.29) is 24.3 Å². The van der Waals surface area contributed by atoms with Crippen molar-refractivity contribution >= 4 is 35.2 Å². The second kappa shape index (κ2) is 9.56. The lowest BCUT2D eigenvalue weighted by atomic mass is 10.1. The summed E-state index contributed by atoms with van der Waals surface area (Å²) in [6.45, 7) is 3.70. The van der Waals surface area contributed by atoms with Gasteiger partial charge in [-0.15, -0.1) is 11.8 Å². The van der Waals surface area contributed by atoms with Gasteiger partial charge in [-0.3, -0.25) is 14.4 Å². The number of amides is 3. The predicted octanol–water partition coefficient (Wildman–Crippen LogP) is 3.13. The van der Waals surface area contributed by atoms with Crippen molar-refractivity contribution in [1.82, 2.24) is 10.2 Å². The highest BCUT2D eigenvalue weighted by Crippen LogP contribution is 2.39. The Kier molecular flexibility index (Phi) is 6.61. The fourth-order valence-corrected chi connectivity index (χ4v) is 5.11. The molecule has 1 saturated heterocycles. The molecule has 1 N–H and O–H groups in total. The molecule has 2 aliphatic rings. The molecule has 0 aromatic heterocycles. The number of carbonyl (C=O) groups is 3. The highest BCUT2D eigenvalue weighted by molar-refractivity contribution is 8.01. The van der Waals surface area contributed by atoms with Crippen LogP contribution in [0.25, 0.3) is 0 Å². The zero-order valence-corrected chi connectivity index (χ0v) is 18.5. The summed E-state index contributed by atoms with van der Waals surface area (Å²) in [6.07, 6.45) is 3.06. The summed E-state index contributed by atoms with van der Waals surface area (Å²) in [6, 6.07) is 15.4. The minimum atomic E-state index is -0.835. The maximum atomic E-state index is 13.3. The van der Waals surface area contributed by atoms with Crippen molar-refractivity contribution in [3.8, 4) is 0 Å². The first-order valence-corrected chi connectivity index (χ1v) is 11.6. The normalized spacial score (nSPS) is 18.5. The van der Waals surface area contributed by atoms with E-state index in [0.717, 1.165) is 35.3 Å². The van der Waals surface area contributed by atoms with Crippen LogP contribution in [0.2, 0.25) is 0 Å². The van der Waals surface area contributed by atoms with E-state index in [2.05, 4.69) is 5.32 Å². The number of hydrogen-bond donors (Lipinski definition) is 1. The Hall–Kier alpha value is -2.80. The van der Waals surface area contributed by atoms with Crippen molar-refractivity contribution in [2.75, 3.05) is 24.5 Å². The number of nitrogens with zero attached hydrogens (tertiary/aromatic N) is 2. The summed E-state index contributed by atoms with van der Waals surface area (Å²) < 4.78 is 0. The number of para-hydroxylation sites is 1. The molecule has 3 amide bonds. The Balaban J connectivity index is 1.48. The van der Waals surface area contributed by atoms with E-state index in [4.69, 9.17) is 0 Å². The zero-order chi connectivity index (χ0) is 21.8. The van der Waals surface area contributed by atoms with Gasteiger partial charge in [0.2, 0.25) is 11.8 Å². The summed E-state index contributed by atoms with van der Waals surface area (Å²) >= 11 is 1.30. The zero-order valence-electron chi connectivity index (χ0n) is 17.7. The Labute approximate surface area is 187 Å². The van der Waals surface area contributed by atoms with Crippen LogP contribution >= 0.6 is 11.8 Å². The summed E-state index contributed by atoms with van der Waals surface area (Å²) in [5.74, 6) is -0.709. The van der Waals surface area contributed by atoms with Crippen LogP contribution in [-0.2, 0) is 20.9 Å². The number of hydrogen-bond acceptors (Lipinski definition) is 4. The van der Waals surface area contributed by atoms with Crippen LogP contribution < -0.4 is 10.2 Å². The van der Waals surface area contributed by atoms with E-state index < -0.39 is 5.25 Å². The fourth-order valence-electron chi connectivity index (χ4n) is 3.92. The summed E-state index contributed by atoms with van der Waals surface area (Å²) in [5, 5.41) is 2.05. The molecule has 0 saturated carbocycles. The van der Waals surface area contributed by atoms with Gasteiger partial charge < -0.3 is 15.1 Å². The topological polar surface area (TPSA) is 69.7 Å². The molecule has 2 heterocycles. The lowest BCUT2D eigenvalue weighted by Crippen LogP contribution is -2.52. The van der Waals surface area contributed by atoms with Crippen LogP contribution in [-0.4, -0.2) is 47.5 Å². The molecule has 2 aliphatic heterocycles. The van der Waals surface area contributed by atoms with Crippen molar-refractivity contribution < 1.29 is 14.4 Å². The van der Waals surface area contributed by atoms with Gasteiger partial charge in [-0.2, -0.15) is 0 Å². The molecule has 31 heavy (non-hydrogen) atoms. The maximum absolute atomic E-state index is 13.3. The van der Waals surface area contributed by atoms with Gasteiger partial charge in [0, 0.05) is 24.5 Å². The van der Waals surface area contributed by atoms with Gasteiger partial charge in [-0.05, 0) is 43.9 Å². The Morgan fingerprint density at radius 1 is 1.03 bits per heavy atom. The van der Waals surface area contributed by atoms with Gasteiger partial charge >= 0.3 is 0 Å². The maximum Gasteiger partial charge on any atom is 0.250 e. The van der Waals surface area contributed by atoms with Gasteiger partial charge in [0.1, 0.15) is 6.54 Å². The van der Waals surface area contributed by atoms with E-state index in [9.17, 15) is 14.4 Å². The lowest BCUT2D eigenvalue weighted by molar-refractivity contribution is -0.135. The highest BCUT2D eigenvalue weighted by Gasteiger charge is 2.40. The molecule has 2 aromatic carbocycles. The molecule has 0 spiro atoms. The van der Waals surface area contributed by atoms with Gasteiger partial charge in [0.05, 0.1) is 5.69 Å². The number of thioether (sulfide) groups is 1. The molecule has 1 atom stereocenters. The van der Waals surface area contributed by atoms with Gasteiger partial charge in [0.15, 0.2) is 5.25 Å². The molecule has 162 valence electrons. The summed E-state index contributed by atoms with van der Waals surface area (Å²) in [4.78, 5) is 43.2. The van der Waals surface area contributed by atoms with Crippen LogP contribution in [0.1, 0.15) is 30.4 Å². The molecule has 0 radical (unpaired) electrons. The molecule has 1 fully saturated rings. The Morgan fingerprint density at radius 3 is 2.48 bits per heavy atom. The molecule has 0 unspecified atom stereocenters. The average molecular weight is 438 g/mol. The third kappa shape index (κ3) is 4.93. The van der Waals surface area contributed by atoms with Crippen LogP contribution in [0, 0.1) is 6.92 Å². The third-order valence-electron chi connectivity index (χ3n) is 5.70. The van der Waals surface area contributed by atoms with Crippen LogP contribution in [0.4, 0.5) is 5.69 Å². The minimum Gasteiger partial charge on any atom is -0.350 e. The van der Waals surface area contributed by atoms with E-state index in [0.29, 0.717) is 25.3 Å². The van der Waals surface area contributed by atoms with Gasteiger partial charge in [-0.1, -0.05) is 42.0 Å². The number of rotatable bonds is 5. The van der Waals surface area contributed by atoms with Gasteiger partial charge in [0.25, 0.3) is 5.91 Å². The van der Waals surface area contributed by atoms with E-state index in [1.54, 1.807) is 4.90 Å². The first-order chi connectivity index (χ1) is 15.0. The SMILES string of the molecule is Cc1ccc(CNC(=O)CN2C(=O)[C@H](C(=O)N3CCCCC3)Sc3ccccc32)cc1. The molecule has 2 aromatic rings. The second-order valence-electron chi connectivity index (χ2n) is 8.04. The van der Waals surface area contributed by atoms with E-state index in [1.807, 2.05) is 55.5 Å². The number of likely N-dealkylation sites (tertiary alicyclic amines) is 1. The standard InChI is InChI=1S/C24H27N3O3S/c1-17-9-11-18(12-10-17)15-25-21(28)16-27-19-7-3-4-8-20(19)31-22(24(27)30)23(29)26-13-5-2-6-14-26/h3-4,7-12,22H,2,5-6,13-16H2,1H3,(H,25,28)/t22-/m0/s1. The largest absolute Gasteiger partial charge is 0.350 e. The first-order valence-electron chi connectivity index (χ1n) is 10.7. The molecule has 7 heteroatoms. The number of benzene rings is 2. The number of anilines is 1. The summed E-state index contributed by atoms with van der Waals surface area (Å²) in [7, 11) is 0. The monoisotopic (exact) mass is 437 g/mol. The van der Waals surface area contributed by atoms with E-state index >= 15 is 0 Å². The van der Waals surface area contributed by atoms with E-state index in [1.165, 1.54) is 16.7 Å². The molecular formula is C24H27N3O3S. The Bertz CT molecular complexity index is 970. The highest BCUT2D eigenvalue weighted by atomic mass is 32.2. The predicted molar refractivity (Wildman–Crippen MR) is 122 cm³/mol. The van der Waals surface area contributed by atoms with Crippen molar-refractivity contribution in [2.24, 2.45) is 0 Å². The minimum absolute atomic E-state index is 0.105.